The van der Waals surface area contributed by atoms with Crippen molar-refractivity contribution >= 4 is 23.0 Å². The van der Waals surface area contributed by atoms with Gasteiger partial charge in [-0.1, -0.05) is 35.4 Å². The van der Waals surface area contributed by atoms with Crippen LogP contribution in [-0.4, -0.2) is 12.0 Å². The van der Waals surface area contributed by atoms with Crippen LogP contribution in [0.1, 0.15) is 11.1 Å². The molecular weight excluding hydrogens is 276 g/mol. The van der Waals surface area contributed by atoms with Crippen LogP contribution in [0, 0.1) is 17.0 Å². The molecule has 0 N–H and O–H groups in total. The Balaban J connectivity index is 2.19. The van der Waals surface area contributed by atoms with Crippen LogP contribution < -0.4 is 4.90 Å². The third-order valence-corrected chi connectivity index (χ3v) is 3.42. The van der Waals surface area contributed by atoms with Gasteiger partial charge in [0.25, 0.3) is 5.69 Å². The van der Waals surface area contributed by atoms with Gasteiger partial charge in [-0.2, -0.15) is 0 Å². The molecule has 0 radical (unpaired) electrons. The molecule has 0 aliphatic heterocycles. The lowest BCUT2D eigenvalue weighted by Gasteiger charge is -2.19. The van der Waals surface area contributed by atoms with Crippen LogP contribution in [0.5, 0.6) is 0 Å². The van der Waals surface area contributed by atoms with Crippen molar-refractivity contribution in [1.29, 1.82) is 0 Å². The number of nitrogens with zero attached hydrogens (tertiary/aromatic N) is 2. The smallest absolute Gasteiger partial charge is 0.288 e. The van der Waals surface area contributed by atoms with Gasteiger partial charge in [0.15, 0.2) is 0 Å². The molecule has 20 heavy (non-hydrogen) atoms. The molecule has 0 fully saturated rings. The van der Waals surface area contributed by atoms with E-state index in [0.717, 1.165) is 11.3 Å². The maximum Gasteiger partial charge on any atom is 0.288 e. The van der Waals surface area contributed by atoms with Crippen molar-refractivity contribution in [1.82, 2.24) is 0 Å². The van der Waals surface area contributed by atoms with E-state index in [1.807, 2.05) is 43.1 Å². The van der Waals surface area contributed by atoms with Gasteiger partial charge >= 0.3 is 0 Å². The third-order valence-electron chi connectivity index (χ3n) is 3.10. The first-order valence-corrected chi connectivity index (χ1v) is 6.56. The lowest BCUT2D eigenvalue weighted by molar-refractivity contribution is -0.384. The predicted molar refractivity (Wildman–Crippen MR) is 81.4 cm³/mol. The summed E-state index contributed by atoms with van der Waals surface area (Å²) in [5.41, 5.74) is 3.06. The van der Waals surface area contributed by atoms with Gasteiger partial charge in [0.05, 0.1) is 4.92 Å². The van der Waals surface area contributed by atoms with E-state index in [1.165, 1.54) is 11.6 Å². The van der Waals surface area contributed by atoms with Crippen LogP contribution >= 0.6 is 11.6 Å². The number of nitro groups is 1. The summed E-state index contributed by atoms with van der Waals surface area (Å²) in [6.07, 6.45) is 0. The molecule has 2 aromatic rings. The molecule has 0 aromatic heterocycles. The van der Waals surface area contributed by atoms with Gasteiger partial charge in [0.1, 0.15) is 5.02 Å². The van der Waals surface area contributed by atoms with E-state index in [0.29, 0.717) is 6.54 Å². The second-order valence-electron chi connectivity index (χ2n) is 4.73. The van der Waals surface area contributed by atoms with Crippen molar-refractivity contribution in [3.05, 3.63) is 68.7 Å². The van der Waals surface area contributed by atoms with Crippen LogP contribution in [-0.2, 0) is 6.54 Å². The molecule has 0 aliphatic carbocycles. The molecule has 0 saturated heterocycles. The summed E-state index contributed by atoms with van der Waals surface area (Å²) in [6, 6.07) is 13.0. The van der Waals surface area contributed by atoms with Crippen LogP contribution in [0.25, 0.3) is 0 Å². The fourth-order valence-electron chi connectivity index (χ4n) is 1.96. The van der Waals surface area contributed by atoms with Gasteiger partial charge in [-0.3, -0.25) is 10.1 Å². The lowest BCUT2D eigenvalue weighted by atomic mass is 10.1. The Kier molecular flexibility index (Phi) is 4.25. The Labute approximate surface area is 122 Å². The number of rotatable bonds is 4. The van der Waals surface area contributed by atoms with Crippen molar-refractivity contribution in [3.63, 3.8) is 0 Å². The van der Waals surface area contributed by atoms with E-state index in [4.69, 9.17) is 11.6 Å². The zero-order chi connectivity index (χ0) is 14.7. The number of hydrogen-bond acceptors (Lipinski definition) is 3. The molecule has 0 heterocycles. The Morgan fingerprint density at radius 1 is 1.20 bits per heavy atom. The van der Waals surface area contributed by atoms with E-state index < -0.39 is 4.92 Å². The molecule has 4 nitrogen and oxygen atoms in total. The first-order valence-electron chi connectivity index (χ1n) is 6.18. The van der Waals surface area contributed by atoms with E-state index in [9.17, 15) is 10.1 Å². The highest BCUT2D eigenvalue weighted by atomic mass is 35.5. The fraction of sp³-hybridized carbons (Fsp3) is 0.200. The lowest BCUT2D eigenvalue weighted by Crippen LogP contribution is -2.16. The minimum absolute atomic E-state index is 0.0542. The molecule has 0 bridgehead atoms. The summed E-state index contributed by atoms with van der Waals surface area (Å²) in [7, 11) is 1.95. The summed E-state index contributed by atoms with van der Waals surface area (Å²) in [4.78, 5) is 12.4. The summed E-state index contributed by atoms with van der Waals surface area (Å²) in [5.74, 6) is 0. The Bertz CT molecular complexity index is 626. The van der Waals surface area contributed by atoms with Crippen molar-refractivity contribution in [2.45, 2.75) is 13.5 Å². The van der Waals surface area contributed by atoms with Crippen molar-refractivity contribution in [2.75, 3.05) is 11.9 Å². The van der Waals surface area contributed by atoms with E-state index in [2.05, 4.69) is 0 Å². The van der Waals surface area contributed by atoms with Crippen molar-refractivity contribution in [3.8, 4) is 0 Å². The summed E-state index contributed by atoms with van der Waals surface area (Å²) in [6.45, 7) is 2.62. The largest absolute Gasteiger partial charge is 0.370 e. The highest BCUT2D eigenvalue weighted by Gasteiger charge is 2.13. The highest BCUT2D eigenvalue weighted by molar-refractivity contribution is 6.32. The molecule has 2 aromatic carbocycles. The number of halogens is 1. The molecule has 0 unspecified atom stereocenters. The maximum absolute atomic E-state index is 10.9. The summed E-state index contributed by atoms with van der Waals surface area (Å²) < 4.78 is 0. The van der Waals surface area contributed by atoms with Crippen LogP contribution in [0.15, 0.2) is 42.5 Å². The summed E-state index contributed by atoms with van der Waals surface area (Å²) in [5, 5.41) is 11.0. The summed E-state index contributed by atoms with van der Waals surface area (Å²) >= 11 is 5.81. The number of hydrogen-bond donors (Lipinski definition) is 0. The third kappa shape index (κ3) is 3.27. The zero-order valence-corrected chi connectivity index (χ0v) is 12.1. The number of aryl methyl sites for hydroxylation is 1. The Morgan fingerprint density at radius 3 is 2.45 bits per heavy atom. The molecule has 0 saturated carbocycles. The molecule has 104 valence electrons. The van der Waals surface area contributed by atoms with Gasteiger partial charge in [-0.25, -0.2) is 0 Å². The zero-order valence-electron chi connectivity index (χ0n) is 11.3. The SMILES string of the molecule is Cc1ccc(N(C)Cc2ccc(Cl)c([N+](=O)[O-])c2)cc1. The average Bonchev–Trinajstić information content (AvgIpc) is 2.41. The Morgan fingerprint density at radius 2 is 1.85 bits per heavy atom. The number of benzene rings is 2. The predicted octanol–water partition coefficient (Wildman–Crippen LogP) is 4.19. The van der Waals surface area contributed by atoms with E-state index in [1.54, 1.807) is 12.1 Å². The van der Waals surface area contributed by atoms with Gasteiger partial charge in [0, 0.05) is 25.3 Å². The second-order valence-corrected chi connectivity index (χ2v) is 5.14. The van der Waals surface area contributed by atoms with Crippen molar-refractivity contribution in [2.24, 2.45) is 0 Å². The minimum atomic E-state index is -0.461. The molecular formula is C15H15ClN2O2. The number of nitro benzene ring substituents is 1. The average molecular weight is 291 g/mol. The van der Waals surface area contributed by atoms with Gasteiger partial charge in [-0.05, 0) is 30.7 Å². The van der Waals surface area contributed by atoms with Gasteiger partial charge < -0.3 is 4.90 Å². The van der Waals surface area contributed by atoms with Crippen molar-refractivity contribution < 1.29 is 4.92 Å². The van der Waals surface area contributed by atoms with Gasteiger partial charge in [0.2, 0.25) is 0 Å². The van der Waals surface area contributed by atoms with Crippen LogP contribution in [0.3, 0.4) is 0 Å². The maximum atomic E-state index is 10.9. The second kappa shape index (κ2) is 5.92. The van der Waals surface area contributed by atoms with Crippen LogP contribution in [0.2, 0.25) is 5.02 Å². The fourth-order valence-corrected chi connectivity index (χ4v) is 2.15. The molecule has 0 amide bonds. The first kappa shape index (κ1) is 14.3. The molecule has 0 aliphatic rings. The van der Waals surface area contributed by atoms with E-state index in [-0.39, 0.29) is 10.7 Å². The highest BCUT2D eigenvalue weighted by Crippen LogP contribution is 2.26. The standard InChI is InChI=1S/C15H15ClN2O2/c1-11-3-6-13(7-4-11)17(2)10-12-5-8-14(16)15(9-12)18(19)20/h3-9H,10H2,1-2H3. The molecule has 0 spiro atoms. The topological polar surface area (TPSA) is 46.4 Å². The number of anilines is 1. The Hall–Kier alpha value is -2.07. The minimum Gasteiger partial charge on any atom is -0.370 e. The molecule has 5 heteroatoms. The van der Waals surface area contributed by atoms with Crippen LogP contribution in [0.4, 0.5) is 11.4 Å². The molecule has 0 atom stereocenters. The normalized spacial score (nSPS) is 10.3. The van der Waals surface area contributed by atoms with Gasteiger partial charge in [-0.15, -0.1) is 0 Å². The quantitative estimate of drug-likeness (QED) is 0.626. The molecule has 2 rings (SSSR count). The van der Waals surface area contributed by atoms with E-state index >= 15 is 0 Å². The monoisotopic (exact) mass is 290 g/mol. The first-order chi connectivity index (χ1) is 9.47.